The average Bonchev–Trinajstić information content (AvgIpc) is 3.48. The van der Waals surface area contributed by atoms with Gasteiger partial charge in [0.05, 0.1) is 29.5 Å². The molecule has 4 aromatic rings. The van der Waals surface area contributed by atoms with Gasteiger partial charge in [-0.05, 0) is 38.2 Å². The predicted molar refractivity (Wildman–Crippen MR) is 131 cm³/mol. The standard InChI is InChI=1S/C24H23Cl2N5O5/c25-16-10-27-11-17(26)21(16)22-15(23(36-30-22)14-4-5-14)13-34-8-2-1-3-9-35-20-7-6-19-28-12-18(24(32)33)31(19)29-20/h6-7,10-12,14H,1-5,8-9,13H2,(H,32,33). The minimum absolute atomic E-state index is 0.0121. The van der Waals surface area contributed by atoms with Gasteiger partial charge in [0.2, 0.25) is 5.88 Å². The van der Waals surface area contributed by atoms with Gasteiger partial charge in [0.25, 0.3) is 0 Å². The van der Waals surface area contributed by atoms with Crippen LogP contribution in [0.1, 0.15) is 59.8 Å². The number of pyridine rings is 1. The Balaban J connectivity index is 1.09. The Kier molecular flexibility index (Phi) is 7.35. The van der Waals surface area contributed by atoms with Crippen LogP contribution in [0, 0.1) is 0 Å². The first-order valence-corrected chi connectivity index (χ1v) is 12.3. The quantitative estimate of drug-likeness (QED) is 0.238. The molecular formula is C24H23Cl2N5O5. The van der Waals surface area contributed by atoms with Crippen molar-refractivity contribution in [3.8, 4) is 17.1 Å². The first kappa shape index (κ1) is 24.5. The number of unbranched alkanes of at least 4 members (excludes halogenated alkanes) is 2. The van der Waals surface area contributed by atoms with Gasteiger partial charge in [0.1, 0.15) is 11.5 Å². The zero-order valence-corrected chi connectivity index (χ0v) is 20.7. The smallest absolute Gasteiger partial charge is 0.356 e. The third-order valence-corrected chi connectivity index (χ3v) is 6.42. The van der Waals surface area contributed by atoms with Gasteiger partial charge < -0.3 is 19.1 Å². The van der Waals surface area contributed by atoms with Crippen molar-refractivity contribution >= 4 is 34.8 Å². The van der Waals surface area contributed by atoms with E-state index in [0.717, 1.165) is 43.4 Å². The highest BCUT2D eigenvalue weighted by Gasteiger charge is 2.33. The number of nitrogens with zero attached hydrogens (tertiary/aromatic N) is 5. The fraction of sp³-hybridized carbons (Fsp3) is 0.375. The molecule has 1 saturated carbocycles. The highest BCUT2D eigenvalue weighted by Crippen LogP contribution is 2.45. The van der Waals surface area contributed by atoms with Gasteiger partial charge in [-0.2, -0.15) is 0 Å². The van der Waals surface area contributed by atoms with Crippen LogP contribution in [0.15, 0.2) is 35.2 Å². The summed E-state index contributed by atoms with van der Waals surface area (Å²) in [5.74, 6) is 0.459. The van der Waals surface area contributed by atoms with E-state index in [1.54, 1.807) is 12.1 Å². The van der Waals surface area contributed by atoms with Crippen LogP contribution in [0.25, 0.3) is 16.9 Å². The maximum absolute atomic E-state index is 11.2. The number of aromatic carboxylic acids is 1. The molecule has 0 aromatic carbocycles. The molecule has 188 valence electrons. The second-order valence-corrected chi connectivity index (χ2v) is 9.29. The predicted octanol–water partition coefficient (Wildman–Crippen LogP) is 5.43. The summed E-state index contributed by atoms with van der Waals surface area (Å²) in [5.41, 5.74) is 2.54. The van der Waals surface area contributed by atoms with Crippen LogP contribution in [0.4, 0.5) is 0 Å². The van der Waals surface area contributed by atoms with Gasteiger partial charge in [-0.1, -0.05) is 28.4 Å². The molecule has 10 nitrogen and oxygen atoms in total. The molecule has 0 spiro atoms. The van der Waals surface area contributed by atoms with Crippen LogP contribution in [0.2, 0.25) is 10.0 Å². The first-order chi connectivity index (χ1) is 17.5. The molecule has 36 heavy (non-hydrogen) atoms. The number of carbonyl (C=O) groups is 1. The number of fused-ring (bicyclic) bond motifs is 1. The van der Waals surface area contributed by atoms with Crippen molar-refractivity contribution in [1.82, 2.24) is 24.7 Å². The van der Waals surface area contributed by atoms with Crippen molar-refractivity contribution in [1.29, 1.82) is 0 Å². The third kappa shape index (κ3) is 5.30. The maximum atomic E-state index is 11.2. The second kappa shape index (κ2) is 10.8. The van der Waals surface area contributed by atoms with Crippen LogP contribution >= 0.6 is 23.2 Å². The number of hydrogen-bond donors (Lipinski definition) is 1. The molecule has 5 rings (SSSR count). The highest BCUT2D eigenvalue weighted by molar-refractivity contribution is 6.38. The number of imidazole rings is 1. The number of hydrogen-bond acceptors (Lipinski definition) is 8. The topological polar surface area (TPSA) is 125 Å². The number of halogens is 2. The minimum atomic E-state index is -1.10. The van der Waals surface area contributed by atoms with Crippen molar-refractivity contribution in [3.63, 3.8) is 0 Å². The van der Waals surface area contributed by atoms with Crippen molar-refractivity contribution in [2.24, 2.45) is 0 Å². The van der Waals surface area contributed by atoms with E-state index in [1.165, 1.54) is 23.1 Å². The van der Waals surface area contributed by atoms with Crippen molar-refractivity contribution in [3.05, 3.63) is 57.8 Å². The lowest BCUT2D eigenvalue weighted by molar-refractivity contribution is 0.0687. The molecule has 1 fully saturated rings. The number of carboxylic acid groups (broad SMARTS) is 1. The normalized spacial score (nSPS) is 13.4. The average molecular weight is 532 g/mol. The van der Waals surface area contributed by atoms with Gasteiger partial charge in [-0.15, -0.1) is 5.10 Å². The first-order valence-electron chi connectivity index (χ1n) is 11.6. The molecule has 0 atom stereocenters. The molecule has 1 N–H and O–H groups in total. The molecule has 12 heteroatoms. The molecule has 0 saturated heterocycles. The summed E-state index contributed by atoms with van der Waals surface area (Å²) < 4.78 is 18.5. The maximum Gasteiger partial charge on any atom is 0.356 e. The van der Waals surface area contributed by atoms with E-state index >= 15 is 0 Å². The van der Waals surface area contributed by atoms with Crippen LogP contribution in [-0.2, 0) is 11.3 Å². The van der Waals surface area contributed by atoms with E-state index in [1.807, 2.05) is 0 Å². The van der Waals surface area contributed by atoms with E-state index < -0.39 is 5.97 Å². The van der Waals surface area contributed by atoms with Gasteiger partial charge in [0, 0.05) is 42.1 Å². The number of aromatic nitrogens is 5. The van der Waals surface area contributed by atoms with Crippen molar-refractivity contribution in [2.75, 3.05) is 13.2 Å². The Bertz CT molecular complexity index is 1360. The minimum Gasteiger partial charge on any atom is -0.477 e. The fourth-order valence-electron chi connectivity index (χ4n) is 3.87. The van der Waals surface area contributed by atoms with E-state index in [2.05, 4.69) is 20.2 Å². The molecule has 0 radical (unpaired) electrons. The summed E-state index contributed by atoms with van der Waals surface area (Å²) in [5, 5.41) is 18.5. The van der Waals surface area contributed by atoms with E-state index in [4.69, 9.17) is 37.2 Å². The fourth-order valence-corrected chi connectivity index (χ4v) is 4.42. The summed E-state index contributed by atoms with van der Waals surface area (Å²) in [7, 11) is 0. The van der Waals surface area contributed by atoms with E-state index in [0.29, 0.717) is 58.6 Å². The summed E-state index contributed by atoms with van der Waals surface area (Å²) in [4.78, 5) is 19.3. The molecular weight excluding hydrogens is 509 g/mol. The van der Waals surface area contributed by atoms with Gasteiger partial charge >= 0.3 is 5.97 Å². The van der Waals surface area contributed by atoms with Gasteiger partial charge in [0.15, 0.2) is 11.3 Å². The highest BCUT2D eigenvalue weighted by atomic mass is 35.5. The van der Waals surface area contributed by atoms with Crippen molar-refractivity contribution < 1.29 is 23.9 Å². The lowest BCUT2D eigenvalue weighted by Gasteiger charge is -2.09. The van der Waals surface area contributed by atoms with Crippen LogP contribution < -0.4 is 4.74 Å². The van der Waals surface area contributed by atoms with Crippen LogP contribution in [0.3, 0.4) is 0 Å². The molecule has 0 aliphatic heterocycles. The SMILES string of the molecule is O=C(O)c1cnc2ccc(OCCCCCOCc3c(-c4c(Cl)cncc4Cl)noc3C3CC3)nn12. The Hall–Kier alpha value is -3.21. The number of carboxylic acids is 1. The number of ether oxygens (including phenoxy) is 2. The molecule has 0 unspecified atom stereocenters. The third-order valence-electron chi connectivity index (χ3n) is 5.84. The zero-order valence-electron chi connectivity index (χ0n) is 19.2. The summed E-state index contributed by atoms with van der Waals surface area (Å²) in [6, 6.07) is 3.34. The molecule has 0 amide bonds. The van der Waals surface area contributed by atoms with Crippen molar-refractivity contribution in [2.45, 2.75) is 44.6 Å². The molecule has 1 aliphatic rings. The van der Waals surface area contributed by atoms with Crippen LogP contribution in [0.5, 0.6) is 5.88 Å². The molecule has 4 heterocycles. The lowest BCUT2D eigenvalue weighted by atomic mass is 10.1. The number of rotatable bonds is 12. The molecule has 1 aliphatic carbocycles. The summed E-state index contributed by atoms with van der Waals surface area (Å²) >= 11 is 12.7. The van der Waals surface area contributed by atoms with E-state index in [-0.39, 0.29) is 5.69 Å². The lowest BCUT2D eigenvalue weighted by Crippen LogP contribution is -2.07. The Morgan fingerprint density at radius 3 is 2.64 bits per heavy atom. The van der Waals surface area contributed by atoms with Gasteiger partial charge in [-0.3, -0.25) is 4.98 Å². The molecule has 4 aromatic heterocycles. The summed E-state index contributed by atoms with van der Waals surface area (Å²) in [6.45, 7) is 1.38. The van der Waals surface area contributed by atoms with E-state index in [9.17, 15) is 9.90 Å². The Morgan fingerprint density at radius 2 is 1.89 bits per heavy atom. The largest absolute Gasteiger partial charge is 0.477 e. The second-order valence-electron chi connectivity index (χ2n) is 8.48. The monoisotopic (exact) mass is 531 g/mol. The Morgan fingerprint density at radius 1 is 1.11 bits per heavy atom. The van der Waals surface area contributed by atoms with Crippen LogP contribution in [-0.4, -0.2) is 49.0 Å². The zero-order chi connectivity index (χ0) is 25.1. The summed E-state index contributed by atoms with van der Waals surface area (Å²) in [6.07, 6.45) is 9.01. The molecule has 0 bridgehead atoms. The van der Waals surface area contributed by atoms with Gasteiger partial charge in [-0.25, -0.2) is 14.3 Å². The Labute approximate surface area is 216 Å².